The summed E-state index contributed by atoms with van der Waals surface area (Å²) in [5.74, 6) is 0.0296. The first-order valence-electron chi connectivity index (χ1n) is 9.17. The molecule has 4 nitrogen and oxygen atoms in total. The molecule has 1 aliphatic rings. The Kier molecular flexibility index (Phi) is 5.28. The van der Waals surface area contributed by atoms with Gasteiger partial charge in [0.05, 0.1) is 18.1 Å². The molecule has 4 heteroatoms. The Morgan fingerprint density at radius 2 is 1.92 bits per heavy atom. The molecule has 2 aromatic rings. The van der Waals surface area contributed by atoms with Crippen LogP contribution in [0.2, 0.25) is 0 Å². The van der Waals surface area contributed by atoms with E-state index in [2.05, 4.69) is 10.6 Å². The van der Waals surface area contributed by atoms with Crippen molar-refractivity contribution in [2.45, 2.75) is 50.7 Å². The number of carbonyl (C=O) groups excluding carboxylic acids is 1. The van der Waals surface area contributed by atoms with Crippen molar-refractivity contribution < 1.29 is 9.90 Å². The molecule has 1 aromatic heterocycles. The summed E-state index contributed by atoms with van der Waals surface area (Å²) < 4.78 is 2.10. The molecule has 0 aliphatic carbocycles. The first-order valence-corrected chi connectivity index (χ1v) is 9.17. The maximum atomic E-state index is 13.1. The summed E-state index contributed by atoms with van der Waals surface area (Å²) in [6, 6.07) is 13.7. The Morgan fingerprint density at radius 3 is 2.60 bits per heavy atom. The highest BCUT2D eigenvalue weighted by molar-refractivity contribution is 5.78. The largest absolute Gasteiger partial charge is 0.385 e. The van der Waals surface area contributed by atoms with Crippen molar-refractivity contribution in [1.82, 2.24) is 9.47 Å². The van der Waals surface area contributed by atoms with E-state index in [-0.39, 0.29) is 18.4 Å². The number of aryl methyl sites for hydroxylation is 1. The van der Waals surface area contributed by atoms with E-state index in [1.807, 2.05) is 54.5 Å². The minimum absolute atomic E-state index is 0.0296. The van der Waals surface area contributed by atoms with Crippen LogP contribution in [0.5, 0.6) is 0 Å². The SMILES string of the molecule is Cn1cccc1C1CCCCCN1C(=O)CC(C)(O)c1ccccc1. The third-order valence-electron chi connectivity index (χ3n) is 5.29. The van der Waals surface area contributed by atoms with Crippen molar-refractivity contribution in [3.63, 3.8) is 0 Å². The number of benzene rings is 1. The molecule has 2 atom stereocenters. The first kappa shape index (κ1) is 17.7. The van der Waals surface area contributed by atoms with E-state index < -0.39 is 5.60 Å². The third-order valence-corrected chi connectivity index (χ3v) is 5.29. The number of hydrogen-bond acceptors (Lipinski definition) is 2. The number of rotatable bonds is 4. The second-order valence-electron chi connectivity index (χ2n) is 7.31. The smallest absolute Gasteiger partial charge is 0.226 e. The molecule has 25 heavy (non-hydrogen) atoms. The Balaban J connectivity index is 1.82. The highest BCUT2D eigenvalue weighted by atomic mass is 16.3. The zero-order valence-electron chi connectivity index (χ0n) is 15.2. The molecule has 0 saturated carbocycles. The third kappa shape index (κ3) is 3.96. The van der Waals surface area contributed by atoms with Gasteiger partial charge in [-0.25, -0.2) is 0 Å². The monoisotopic (exact) mass is 340 g/mol. The molecule has 0 radical (unpaired) electrons. The standard InChI is InChI=1S/C21H28N2O2/c1-21(25,17-10-5-3-6-11-17)16-20(24)23-15-8-4-7-12-19(23)18-13-9-14-22(18)2/h3,5-6,9-11,13-14,19,25H,4,7-8,12,15-16H2,1-2H3. The van der Waals surface area contributed by atoms with Gasteiger partial charge in [-0.2, -0.15) is 0 Å². The second kappa shape index (κ2) is 7.44. The van der Waals surface area contributed by atoms with Crippen molar-refractivity contribution in [1.29, 1.82) is 0 Å². The van der Waals surface area contributed by atoms with Crippen molar-refractivity contribution in [2.75, 3.05) is 6.54 Å². The van der Waals surface area contributed by atoms with Crippen LogP contribution >= 0.6 is 0 Å². The van der Waals surface area contributed by atoms with E-state index in [0.717, 1.165) is 37.8 Å². The van der Waals surface area contributed by atoms with Gasteiger partial charge >= 0.3 is 0 Å². The number of aliphatic hydroxyl groups is 1. The van der Waals surface area contributed by atoms with Crippen LogP contribution in [0.15, 0.2) is 48.7 Å². The highest BCUT2D eigenvalue weighted by Crippen LogP contribution is 2.33. The van der Waals surface area contributed by atoms with Gasteiger partial charge in [0.1, 0.15) is 0 Å². The average Bonchev–Trinajstić information content (AvgIpc) is 2.87. The average molecular weight is 340 g/mol. The van der Waals surface area contributed by atoms with Gasteiger partial charge in [-0.3, -0.25) is 4.79 Å². The van der Waals surface area contributed by atoms with Crippen LogP contribution < -0.4 is 0 Å². The molecule has 1 amide bonds. The molecular formula is C21H28N2O2. The Bertz CT molecular complexity index is 706. The van der Waals surface area contributed by atoms with Crippen LogP contribution in [-0.2, 0) is 17.4 Å². The summed E-state index contributed by atoms with van der Waals surface area (Å²) in [5.41, 5.74) is 0.812. The molecule has 3 rings (SSSR count). The van der Waals surface area contributed by atoms with Gasteiger partial charge in [0.15, 0.2) is 0 Å². The second-order valence-corrected chi connectivity index (χ2v) is 7.31. The zero-order valence-corrected chi connectivity index (χ0v) is 15.2. The van der Waals surface area contributed by atoms with Gasteiger partial charge in [-0.1, -0.05) is 43.2 Å². The van der Waals surface area contributed by atoms with E-state index in [9.17, 15) is 9.90 Å². The zero-order chi connectivity index (χ0) is 17.9. The number of nitrogens with zero attached hydrogens (tertiary/aromatic N) is 2. The fourth-order valence-electron chi connectivity index (χ4n) is 3.83. The topological polar surface area (TPSA) is 45.5 Å². The Morgan fingerprint density at radius 1 is 1.16 bits per heavy atom. The van der Waals surface area contributed by atoms with E-state index in [1.165, 1.54) is 5.69 Å². The molecule has 0 spiro atoms. The molecular weight excluding hydrogens is 312 g/mol. The number of amides is 1. The lowest BCUT2D eigenvalue weighted by Gasteiger charge is -2.33. The van der Waals surface area contributed by atoms with Gasteiger partial charge < -0.3 is 14.6 Å². The summed E-state index contributed by atoms with van der Waals surface area (Å²) in [4.78, 5) is 15.1. The lowest BCUT2D eigenvalue weighted by atomic mass is 9.91. The van der Waals surface area contributed by atoms with E-state index in [0.29, 0.717) is 0 Å². The van der Waals surface area contributed by atoms with E-state index >= 15 is 0 Å². The Hall–Kier alpha value is -2.07. The summed E-state index contributed by atoms with van der Waals surface area (Å²) in [6.45, 7) is 2.50. The van der Waals surface area contributed by atoms with Crippen LogP contribution in [0.25, 0.3) is 0 Å². The fraction of sp³-hybridized carbons (Fsp3) is 0.476. The van der Waals surface area contributed by atoms with Crippen LogP contribution in [0.1, 0.15) is 56.3 Å². The summed E-state index contributed by atoms with van der Waals surface area (Å²) >= 11 is 0. The fourth-order valence-corrected chi connectivity index (χ4v) is 3.83. The van der Waals surface area contributed by atoms with Crippen molar-refractivity contribution >= 4 is 5.91 Å². The summed E-state index contributed by atoms with van der Waals surface area (Å²) in [6.07, 6.45) is 6.44. The molecule has 1 aromatic carbocycles. The van der Waals surface area contributed by atoms with Crippen molar-refractivity contribution in [2.24, 2.45) is 7.05 Å². The molecule has 134 valence electrons. The van der Waals surface area contributed by atoms with E-state index in [1.54, 1.807) is 6.92 Å². The van der Waals surface area contributed by atoms with Crippen LogP contribution in [0.4, 0.5) is 0 Å². The quantitative estimate of drug-likeness (QED) is 0.921. The van der Waals surface area contributed by atoms with Crippen LogP contribution in [0.3, 0.4) is 0 Å². The number of carbonyl (C=O) groups is 1. The normalized spacial score (nSPS) is 20.8. The first-order chi connectivity index (χ1) is 12.0. The predicted octanol–water partition coefficient (Wildman–Crippen LogP) is 3.77. The van der Waals surface area contributed by atoms with Crippen LogP contribution in [0, 0.1) is 0 Å². The maximum Gasteiger partial charge on any atom is 0.226 e. The lowest BCUT2D eigenvalue weighted by Crippen LogP contribution is -2.39. The lowest BCUT2D eigenvalue weighted by molar-refractivity contribution is -0.138. The highest BCUT2D eigenvalue weighted by Gasteiger charge is 2.33. The number of likely N-dealkylation sites (tertiary alicyclic amines) is 1. The minimum atomic E-state index is -1.15. The summed E-state index contributed by atoms with van der Waals surface area (Å²) in [5, 5.41) is 10.9. The van der Waals surface area contributed by atoms with Gasteiger partial charge in [-0.15, -0.1) is 0 Å². The molecule has 0 bridgehead atoms. The minimum Gasteiger partial charge on any atom is -0.385 e. The van der Waals surface area contributed by atoms with Crippen molar-refractivity contribution in [3.8, 4) is 0 Å². The molecule has 1 aliphatic heterocycles. The van der Waals surface area contributed by atoms with Gasteiger partial charge in [0, 0.05) is 25.5 Å². The predicted molar refractivity (Wildman–Crippen MR) is 99.0 cm³/mol. The van der Waals surface area contributed by atoms with Crippen LogP contribution in [-0.4, -0.2) is 27.0 Å². The number of aromatic nitrogens is 1. The van der Waals surface area contributed by atoms with Crippen molar-refractivity contribution in [3.05, 3.63) is 59.9 Å². The van der Waals surface area contributed by atoms with Gasteiger partial charge in [-0.05, 0) is 37.5 Å². The molecule has 1 N–H and O–H groups in total. The molecule has 1 saturated heterocycles. The molecule has 2 unspecified atom stereocenters. The van der Waals surface area contributed by atoms with E-state index in [4.69, 9.17) is 0 Å². The summed E-state index contributed by atoms with van der Waals surface area (Å²) in [7, 11) is 2.03. The Labute approximate surface area is 150 Å². The van der Waals surface area contributed by atoms with Gasteiger partial charge in [0.25, 0.3) is 0 Å². The number of hydrogen-bond donors (Lipinski definition) is 1. The van der Waals surface area contributed by atoms with Gasteiger partial charge in [0.2, 0.25) is 5.91 Å². The molecule has 1 fully saturated rings. The molecule has 2 heterocycles. The maximum absolute atomic E-state index is 13.1.